The van der Waals surface area contributed by atoms with E-state index in [1.807, 2.05) is 0 Å². The smallest absolute Gasteiger partial charge is 0.302 e. The number of carbonyl (C=O) groups excluding carboxylic acids is 2. The standard InChI is InChI=1S/C22H33FO4/c1-13(24)27-14-7-10-21(3)17-8-9-20(2)16(5-6-18(20)25)15(17)11-19(26-4)22(21,23)12-14/h14-17,19H,5-12H2,1-4H3/t14?,15-,16-,17-,19+,20-,21+,22-/m0/s1. The summed E-state index contributed by atoms with van der Waals surface area (Å²) in [5.74, 6) is 1.04. The topological polar surface area (TPSA) is 52.6 Å². The molecule has 0 aromatic rings. The van der Waals surface area contributed by atoms with Crippen LogP contribution in [0.5, 0.6) is 0 Å². The maximum atomic E-state index is 16.7. The Balaban J connectivity index is 1.68. The lowest BCUT2D eigenvalue weighted by molar-refractivity contribution is -0.238. The van der Waals surface area contributed by atoms with E-state index < -0.39 is 17.2 Å². The number of ketones is 1. The van der Waals surface area contributed by atoms with E-state index in [0.29, 0.717) is 43.3 Å². The molecule has 4 fully saturated rings. The molecule has 0 aliphatic heterocycles. The number of ether oxygens (including phenoxy) is 2. The normalized spacial score (nSPS) is 51.9. The minimum absolute atomic E-state index is 0.221. The molecule has 152 valence electrons. The summed E-state index contributed by atoms with van der Waals surface area (Å²) < 4.78 is 27.8. The van der Waals surface area contributed by atoms with Crippen molar-refractivity contribution in [3.8, 4) is 0 Å². The highest BCUT2D eigenvalue weighted by Gasteiger charge is 2.69. The summed E-state index contributed by atoms with van der Waals surface area (Å²) >= 11 is 0. The van der Waals surface area contributed by atoms with E-state index in [-0.39, 0.29) is 29.8 Å². The lowest BCUT2D eigenvalue weighted by Crippen LogP contribution is -2.67. The van der Waals surface area contributed by atoms with Gasteiger partial charge in [0.05, 0.1) is 6.10 Å². The summed E-state index contributed by atoms with van der Waals surface area (Å²) in [5.41, 5.74) is -2.20. The molecule has 0 aromatic carbocycles. The Morgan fingerprint density at radius 3 is 2.56 bits per heavy atom. The van der Waals surface area contributed by atoms with E-state index in [0.717, 1.165) is 19.3 Å². The minimum atomic E-state index is -1.49. The monoisotopic (exact) mass is 380 g/mol. The Kier molecular flexibility index (Phi) is 4.49. The second kappa shape index (κ2) is 6.27. The molecule has 0 aromatic heterocycles. The molecular weight excluding hydrogens is 347 g/mol. The average molecular weight is 381 g/mol. The van der Waals surface area contributed by atoms with Crippen LogP contribution in [0.4, 0.5) is 4.39 Å². The van der Waals surface area contributed by atoms with Crippen molar-refractivity contribution in [2.75, 3.05) is 7.11 Å². The molecule has 0 amide bonds. The van der Waals surface area contributed by atoms with Gasteiger partial charge in [-0.25, -0.2) is 4.39 Å². The van der Waals surface area contributed by atoms with Crippen LogP contribution in [0, 0.1) is 28.6 Å². The predicted octanol–water partition coefficient (Wildman–Crippen LogP) is 4.25. The fraction of sp³-hybridized carbons (Fsp3) is 0.909. The van der Waals surface area contributed by atoms with Gasteiger partial charge in [0, 0.05) is 37.7 Å². The highest BCUT2D eigenvalue weighted by molar-refractivity contribution is 5.87. The number of fused-ring (bicyclic) bond motifs is 5. The van der Waals surface area contributed by atoms with Crippen LogP contribution in [-0.4, -0.2) is 36.7 Å². The van der Waals surface area contributed by atoms with E-state index in [9.17, 15) is 9.59 Å². The SMILES string of the molecule is CO[C@@H]1C[C@H]2[C@@H]3CCC(=O)[C@@]3(C)CC[C@@H]2[C@@]2(C)CCC(OC(C)=O)C[C@]12F. The second-order valence-corrected chi connectivity index (χ2v) is 10.0. The van der Waals surface area contributed by atoms with Crippen molar-refractivity contribution in [2.45, 2.75) is 90.0 Å². The predicted molar refractivity (Wildman–Crippen MR) is 98.8 cm³/mol. The van der Waals surface area contributed by atoms with E-state index in [1.165, 1.54) is 6.92 Å². The Hall–Kier alpha value is -0.970. The number of methoxy groups -OCH3 is 1. The first kappa shape index (κ1) is 19.4. The summed E-state index contributed by atoms with van der Waals surface area (Å²) in [6.07, 6.45) is 4.87. The molecule has 4 nitrogen and oxygen atoms in total. The summed E-state index contributed by atoms with van der Waals surface area (Å²) in [6.45, 7) is 5.63. The number of hydrogen-bond acceptors (Lipinski definition) is 4. The van der Waals surface area contributed by atoms with Gasteiger partial charge in [0.2, 0.25) is 0 Å². The molecule has 4 aliphatic rings. The van der Waals surface area contributed by atoms with Gasteiger partial charge in [-0.2, -0.15) is 0 Å². The molecule has 4 aliphatic carbocycles. The van der Waals surface area contributed by atoms with Gasteiger partial charge in [-0.3, -0.25) is 9.59 Å². The van der Waals surface area contributed by atoms with Crippen LogP contribution in [0.1, 0.15) is 72.1 Å². The van der Waals surface area contributed by atoms with Crippen molar-refractivity contribution >= 4 is 11.8 Å². The molecule has 1 unspecified atom stereocenters. The van der Waals surface area contributed by atoms with E-state index in [1.54, 1.807) is 7.11 Å². The number of hydrogen-bond donors (Lipinski definition) is 0. The van der Waals surface area contributed by atoms with Crippen molar-refractivity contribution < 1.29 is 23.5 Å². The largest absolute Gasteiger partial charge is 0.462 e. The van der Waals surface area contributed by atoms with Crippen LogP contribution in [0.15, 0.2) is 0 Å². The molecule has 0 bridgehead atoms. The quantitative estimate of drug-likeness (QED) is 0.672. The van der Waals surface area contributed by atoms with Crippen LogP contribution in [0.25, 0.3) is 0 Å². The molecule has 0 radical (unpaired) electrons. The van der Waals surface area contributed by atoms with Crippen LogP contribution in [0.3, 0.4) is 0 Å². The number of alkyl halides is 1. The second-order valence-electron chi connectivity index (χ2n) is 10.0. The third-order valence-electron chi connectivity index (χ3n) is 9.04. The highest BCUT2D eigenvalue weighted by atomic mass is 19.1. The fourth-order valence-corrected chi connectivity index (χ4v) is 7.56. The first-order chi connectivity index (χ1) is 12.7. The lowest BCUT2D eigenvalue weighted by atomic mass is 9.43. The molecule has 0 saturated heterocycles. The molecule has 5 heteroatoms. The van der Waals surface area contributed by atoms with Crippen molar-refractivity contribution in [3.05, 3.63) is 0 Å². The molecular formula is C22H33FO4. The number of carbonyl (C=O) groups is 2. The van der Waals surface area contributed by atoms with Crippen molar-refractivity contribution in [3.63, 3.8) is 0 Å². The Morgan fingerprint density at radius 2 is 1.89 bits per heavy atom. The maximum Gasteiger partial charge on any atom is 0.302 e. The van der Waals surface area contributed by atoms with E-state index in [4.69, 9.17) is 9.47 Å². The average Bonchev–Trinajstić information content (AvgIpc) is 2.90. The van der Waals surface area contributed by atoms with Gasteiger partial charge in [0.25, 0.3) is 0 Å². The number of Topliss-reactive ketones (excluding diaryl/α,β-unsaturated/α-hetero) is 1. The molecule has 27 heavy (non-hydrogen) atoms. The lowest BCUT2D eigenvalue weighted by Gasteiger charge is -2.64. The Bertz CT molecular complexity index is 650. The van der Waals surface area contributed by atoms with Crippen LogP contribution < -0.4 is 0 Å². The Labute approximate surface area is 161 Å². The van der Waals surface area contributed by atoms with E-state index >= 15 is 4.39 Å². The molecule has 4 rings (SSSR count). The summed E-state index contributed by atoms with van der Waals surface area (Å²) in [7, 11) is 1.60. The highest BCUT2D eigenvalue weighted by Crippen LogP contribution is 2.68. The van der Waals surface area contributed by atoms with Gasteiger partial charge in [-0.15, -0.1) is 0 Å². The zero-order valence-electron chi connectivity index (χ0n) is 17.1. The van der Waals surface area contributed by atoms with Crippen LogP contribution in [0.2, 0.25) is 0 Å². The first-order valence-corrected chi connectivity index (χ1v) is 10.6. The van der Waals surface area contributed by atoms with Crippen molar-refractivity contribution in [2.24, 2.45) is 28.6 Å². The third kappa shape index (κ3) is 2.56. The van der Waals surface area contributed by atoms with Gasteiger partial charge in [0.15, 0.2) is 0 Å². The van der Waals surface area contributed by atoms with Crippen LogP contribution >= 0.6 is 0 Å². The maximum absolute atomic E-state index is 16.7. The van der Waals surface area contributed by atoms with Gasteiger partial charge < -0.3 is 9.47 Å². The third-order valence-corrected chi connectivity index (χ3v) is 9.04. The van der Waals surface area contributed by atoms with Crippen molar-refractivity contribution in [1.29, 1.82) is 0 Å². The molecule has 8 atom stereocenters. The number of esters is 1. The summed E-state index contributed by atoms with van der Waals surface area (Å²) in [6, 6.07) is 0. The van der Waals surface area contributed by atoms with Gasteiger partial charge >= 0.3 is 5.97 Å². The first-order valence-electron chi connectivity index (χ1n) is 10.6. The zero-order valence-corrected chi connectivity index (χ0v) is 17.1. The molecule has 4 saturated carbocycles. The summed E-state index contributed by atoms with van der Waals surface area (Å²) in [5, 5.41) is 0. The van der Waals surface area contributed by atoms with Gasteiger partial charge in [0.1, 0.15) is 17.6 Å². The Morgan fingerprint density at radius 1 is 1.15 bits per heavy atom. The van der Waals surface area contributed by atoms with Gasteiger partial charge in [-0.05, 0) is 56.3 Å². The molecule has 0 spiro atoms. The zero-order chi connectivity index (χ0) is 19.6. The fourth-order valence-electron chi connectivity index (χ4n) is 7.56. The van der Waals surface area contributed by atoms with E-state index in [2.05, 4.69) is 13.8 Å². The number of rotatable bonds is 2. The molecule has 0 N–H and O–H groups in total. The van der Waals surface area contributed by atoms with Crippen LogP contribution in [-0.2, 0) is 19.1 Å². The van der Waals surface area contributed by atoms with Gasteiger partial charge in [-0.1, -0.05) is 13.8 Å². The number of halogens is 1. The minimum Gasteiger partial charge on any atom is -0.462 e. The molecule has 0 heterocycles. The van der Waals surface area contributed by atoms with Crippen molar-refractivity contribution in [1.82, 2.24) is 0 Å². The summed E-state index contributed by atoms with van der Waals surface area (Å²) in [4.78, 5) is 24.0.